The first kappa shape index (κ1) is 11.0. The molecular weight excluding hydrogens is 226 g/mol. The minimum atomic E-state index is 0.645. The topological polar surface area (TPSA) is 55.6 Å². The zero-order chi connectivity index (χ0) is 11.4. The summed E-state index contributed by atoms with van der Waals surface area (Å²) in [7, 11) is 0. The molecular formula is C10H12ClN5. The molecule has 0 aliphatic rings. The molecule has 0 amide bonds. The highest BCUT2D eigenvalue weighted by molar-refractivity contribution is 6.30. The van der Waals surface area contributed by atoms with Gasteiger partial charge in [0.2, 0.25) is 0 Å². The Kier molecular flexibility index (Phi) is 3.48. The quantitative estimate of drug-likeness (QED) is 0.874. The van der Waals surface area contributed by atoms with E-state index < -0.39 is 0 Å². The summed E-state index contributed by atoms with van der Waals surface area (Å²) in [4.78, 5) is 0. The molecule has 1 heterocycles. The van der Waals surface area contributed by atoms with E-state index in [1.807, 2.05) is 31.2 Å². The standard InChI is InChI=1S/C10H12ClN5/c1-2-12-7-10-13-14-15-16(10)9-5-3-8(11)4-6-9/h3-6,12H,2,7H2,1H3. The van der Waals surface area contributed by atoms with E-state index in [0.29, 0.717) is 11.6 Å². The van der Waals surface area contributed by atoms with E-state index in [9.17, 15) is 0 Å². The summed E-state index contributed by atoms with van der Waals surface area (Å²) >= 11 is 5.82. The van der Waals surface area contributed by atoms with Crippen LogP contribution in [-0.2, 0) is 6.54 Å². The molecule has 0 radical (unpaired) electrons. The highest BCUT2D eigenvalue weighted by Crippen LogP contribution is 2.13. The first-order valence-corrected chi connectivity index (χ1v) is 5.43. The number of aromatic nitrogens is 4. The molecule has 6 heteroatoms. The van der Waals surface area contributed by atoms with Crippen LogP contribution >= 0.6 is 11.6 Å². The van der Waals surface area contributed by atoms with Crippen LogP contribution in [-0.4, -0.2) is 26.8 Å². The van der Waals surface area contributed by atoms with Crippen LogP contribution in [0.25, 0.3) is 5.69 Å². The van der Waals surface area contributed by atoms with E-state index in [2.05, 4.69) is 20.8 Å². The van der Waals surface area contributed by atoms with Gasteiger partial charge in [-0.1, -0.05) is 18.5 Å². The second-order valence-corrected chi connectivity index (χ2v) is 3.70. The van der Waals surface area contributed by atoms with E-state index in [4.69, 9.17) is 11.6 Å². The van der Waals surface area contributed by atoms with Gasteiger partial charge in [0.05, 0.1) is 12.2 Å². The van der Waals surface area contributed by atoms with Gasteiger partial charge >= 0.3 is 0 Å². The molecule has 16 heavy (non-hydrogen) atoms. The lowest BCUT2D eigenvalue weighted by Gasteiger charge is -2.04. The highest BCUT2D eigenvalue weighted by Gasteiger charge is 2.06. The summed E-state index contributed by atoms with van der Waals surface area (Å²) in [5, 5.41) is 15.4. The van der Waals surface area contributed by atoms with Gasteiger partial charge in [0.1, 0.15) is 0 Å². The van der Waals surface area contributed by atoms with Gasteiger partial charge in [-0.25, -0.2) is 0 Å². The van der Waals surface area contributed by atoms with Crippen LogP contribution in [0.15, 0.2) is 24.3 Å². The number of nitrogens with one attached hydrogen (secondary N) is 1. The molecule has 1 aromatic heterocycles. The summed E-state index contributed by atoms with van der Waals surface area (Å²) in [5.74, 6) is 0.782. The normalized spacial score (nSPS) is 10.6. The van der Waals surface area contributed by atoms with Gasteiger partial charge in [0.25, 0.3) is 0 Å². The molecule has 1 aromatic carbocycles. The maximum Gasteiger partial charge on any atom is 0.170 e. The minimum absolute atomic E-state index is 0.645. The van der Waals surface area contributed by atoms with E-state index >= 15 is 0 Å². The molecule has 0 saturated heterocycles. The lowest BCUT2D eigenvalue weighted by atomic mass is 10.3. The third kappa shape index (κ3) is 2.37. The number of nitrogens with zero attached hydrogens (tertiary/aromatic N) is 4. The van der Waals surface area contributed by atoms with Crippen LogP contribution in [0.5, 0.6) is 0 Å². The molecule has 2 aromatic rings. The molecule has 0 aliphatic carbocycles. The number of benzene rings is 1. The Bertz CT molecular complexity index is 450. The van der Waals surface area contributed by atoms with Crippen LogP contribution in [0.1, 0.15) is 12.7 Å². The van der Waals surface area contributed by atoms with E-state index in [0.717, 1.165) is 18.1 Å². The maximum atomic E-state index is 5.82. The molecule has 0 bridgehead atoms. The lowest BCUT2D eigenvalue weighted by Crippen LogP contribution is -2.16. The largest absolute Gasteiger partial charge is 0.310 e. The predicted molar refractivity (Wildman–Crippen MR) is 61.5 cm³/mol. The Morgan fingerprint density at radius 2 is 2.06 bits per heavy atom. The lowest BCUT2D eigenvalue weighted by molar-refractivity contribution is 0.664. The molecule has 0 aliphatic heterocycles. The Morgan fingerprint density at radius 3 is 2.75 bits per heavy atom. The Balaban J connectivity index is 2.26. The van der Waals surface area contributed by atoms with Crippen molar-refractivity contribution in [3.8, 4) is 5.69 Å². The van der Waals surface area contributed by atoms with Crippen molar-refractivity contribution >= 4 is 11.6 Å². The molecule has 5 nitrogen and oxygen atoms in total. The van der Waals surface area contributed by atoms with Crippen LogP contribution < -0.4 is 5.32 Å². The average Bonchev–Trinajstić information content (AvgIpc) is 2.75. The van der Waals surface area contributed by atoms with E-state index in [-0.39, 0.29) is 0 Å². The highest BCUT2D eigenvalue weighted by atomic mass is 35.5. The first-order chi connectivity index (χ1) is 7.81. The van der Waals surface area contributed by atoms with Gasteiger partial charge in [0.15, 0.2) is 5.82 Å². The van der Waals surface area contributed by atoms with Gasteiger partial charge in [-0.3, -0.25) is 0 Å². The monoisotopic (exact) mass is 237 g/mol. The number of hydrogen-bond donors (Lipinski definition) is 1. The molecule has 0 spiro atoms. The van der Waals surface area contributed by atoms with Crippen LogP contribution in [0, 0.1) is 0 Å². The van der Waals surface area contributed by atoms with Crippen molar-refractivity contribution in [1.82, 2.24) is 25.5 Å². The van der Waals surface area contributed by atoms with Gasteiger partial charge in [0, 0.05) is 5.02 Å². The van der Waals surface area contributed by atoms with Crippen LogP contribution in [0.3, 0.4) is 0 Å². The molecule has 0 atom stereocenters. The van der Waals surface area contributed by atoms with Crippen LogP contribution in [0.4, 0.5) is 0 Å². The van der Waals surface area contributed by atoms with E-state index in [1.54, 1.807) is 4.68 Å². The fourth-order valence-electron chi connectivity index (χ4n) is 1.34. The van der Waals surface area contributed by atoms with Gasteiger partial charge in [-0.15, -0.1) is 5.10 Å². The number of hydrogen-bond acceptors (Lipinski definition) is 4. The second kappa shape index (κ2) is 5.05. The van der Waals surface area contributed by atoms with Crippen molar-refractivity contribution in [1.29, 1.82) is 0 Å². The average molecular weight is 238 g/mol. The van der Waals surface area contributed by atoms with Gasteiger partial charge in [-0.2, -0.15) is 4.68 Å². The zero-order valence-corrected chi connectivity index (χ0v) is 9.65. The SMILES string of the molecule is CCNCc1nnnn1-c1ccc(Cl)cc1. The molecule has 0 fully saturated rings. The summed E-state index contributed by atoms with van der Waals surface area (Å²) in [6.45, 7) is 3.57. The third-order valence-corrected chi connectivity index (χ3v) is 2.39. The minimum Gasteiger partial charge on any atom is -0.310 e. The molecule has 0 unspecified atom stereocenters. The fourth-order valence-corrected chi connectivity index (χ4v) is 1.46. The third-order valence-electron chi connectivity index (χ3n) is 2.14. The Hall–Kier alpha value is -1.46. The van der Waals surface area contributed by atoms with Crippen molar-refractivity contribution in [3.63, 3.8) is 0 Å². The van der Waals surface area contributed by atoms with Crippen molar-refractivity contribution in [3.05, 3.63) is 35.1 Å². The molecule has 2 rings (SSSR count). The summed E-state index contributed by atoms with van der Waals surface area (Å²) in [5.41, 5.74) is 0.905. The van der Waals surface area contributed by atoms with Crippen molar-refractivity contribution < 1.29 is 0 Å². The number of rotatable bonds is 4. The van der Waals surface area contributed by atoms with Gasteiger partial charge < -0.3 is 5.32 Å². The summed E-state index contributed by atoms with van der Waals surface area (Å²) in [6.07, 6.45) is 0. The first-order valence-electron chi connectivity index (χ1n) is 5.05. The number of halogens is 1. The zero-order valence-electron chi connectivity index (χ0n) is 8.89. The predicted octanol–water partition coefficient (Wildman–Crippen LogP) is 1.43. The van der Waals surface area contributed by atoms with Crippen LogP contribution in [0.2, 0.25) is 5.02 Å². The summed E-state index contributed by atoms with van der Waals surface area (Å²) < 4.78 is 1.69. The smallest absolute Gasteiger partial charge is 0.170 e. The van der Waals surface area contributed by atoms with Crippen molar-refractivity contribution in [2.75, 3.05) is 6.54 Å². The number of tetrazole rings is 1. The Morgan fingerprint density at radius 1 is 1.31 bits per heavy atom. The summed E-state index contributed by atoms with van der Waals surface area (Å²) in [6, 6.07) is 7.40. The Labute approximate surface area is 98.4 Å². The second-order valence-electron chi connectivity index (χ2n) is 3.26. The molecule has 1 N–H and O–H groups in total. The van der Waals surface area contributed by atoms with Gasteiger partial charge in [-0.05, 0) is 41.2 Å². The maximum absolute atomic E-state index is 5.82. The molecule has 0 saturated carbocycles. The van der Waals surface area contributed by atoms with Crippen molar-refractivity contribution in [2.45, 2.75) is 13.5 Å². The fraction of sp³-hybridized carbons (Fsp3) is 0.300. The van der Waals surface area contributed by atoms with Crippen molar-refractivity contribution in [2.24, 2.45) is 0 Å². The molecule has 84 valence electrons. The van der Waals surface area contributed by atoms with E-state index in [1.165, 1.54) is 0 Å².